The maximum atomic E-state index is 12.6. The minimum Gasteiger partial charge on any atom is -0.493 e. The van der Waals surface area contributed by atoms with Crippen molar-refractivity contribution in [3.8, 4) is 22.8 Å². The van der Waals surface area contributed by atoms with E-state index >= 15 is 0 Å². The van der Waals surface area contributed by atoms with Crippen molar-refractivity contribution in [2.45, 2.75) is 0 Å². The summed E-state index contributed by atoms with van der Waals surface area (Å²) in [6, 6.07) is 9.11. The van der Waals surface area contributed by atoms with Gasteiger partial charge in [0, 0.05) is 30.9 Å². The van der Waals surface area contributed by atoms with Gasteiger partial charge in [-0.2, -0.15) is 5.10 Å². The second-order valence-corrected chi connectivity index (χ2v) is 6.24. The van der Waals surface area contributed by atoms with E-state index in [1.165, 1.54) is 0 Å². The molecule has 3 heterocycles. The van der Waals surface area contributed by atoms with Crippen molar-refractivity contribution in [3.63, 3.8) is 0 Å². The highest BCUT2D eigenvalue weighted by Crippen LogP contribution is 2.32. The van der Waals surface area contributed by atoms with Gasteiger partial charge >= 0.3 is 0 Å². The summed E-state index contributed by atoms with van der Waals surface area (Å²) in [6.07, 6.45) is 1.69. The Kier molecular flexibility index (Phi) is 5.09. The number of hydrazine groups is 1. The number of hydrogen-bond donors (Lipinski definition) is 1. The number of hydrogen-bond acceptors (Lipinski definition) is 7. The number of morpholine rings is 1. The van der Waals surface area contributed by atoms with E-state index in [0.717, 1.165) is 11.3 Å². The minimum atomic E-state index is -0.273. The van der Waals surface area contributed by atoms with Crippen molar-refractivity contribution < 1.29 is 19.0 Å². The molecule has 0 saturated carbocycles. The van der Waals surface area contributed by atoms with Gasteiger partial charge < -0.3 is 14.2 Å². The molecule has 1 amide bonds. The molecule has 1 N–H and O–H groups in total. The average molecular weight is 383 g/mol. The van der Waals surface area contributed by atoms with Crippen LogP contribution in [0.2, 0.25) is 0 Å². The van der Waals surface area contributed by atoms with Gasteiger partial charge in [0.05, 0.1) is 33.1 Å². The highest BCUT2D eigenvalue weighted by Gasteiger charge is 2.18. The Balaban J connectivity index is 1.66. The zero-order chi connectivity index (χ0) is 19.5. The first-order chi connectivity index (χ1) is 13.7. The fourth-order valence-corrected chi connectivity index (χ4v) is 3.10. The summed E-state index contributed by atoms with van der Waals surface area (Å²) in [5, 5.41) is 6.30. The van der Waals surface area contributed by atoms with Gasteiger partial charge in [-0.25, -0.2) is 14.5 Å². The fraction of sp³-hybridized carbons (Fsp3) is 0.316. The number of nitrogens with zero attached hydrogens (tertiary/aromatic N) is 4. The predicted octanol–water partition coefficient (Wildman–Crippen LogP) is 1.39. The number of nitrogens with one attached hydrogen (secondary N) is 1. The minimum absolute atomic E-state index is 0.273. The molecule has 1 saturated heterocycles. The number of fused-ring (bicyclic) bond motifs is 1. The number of rotatable bonds is 5. The summed E-state index contributed by atoms with van der Waals surface area (Å²) in [5.41, 5.74) is 5.40. The smallest absolute Gasteiger partial charge is 0.286 e. The topological polar surface area (TPSA) is 90.2 Å². The molecule has 0 spiro atoms. The Hall–Kier alpha value is -3.17. The van der Waals surface area contributed by atoms with Gasteiger partial charge in [0.25, 0.3) is 5.91 Å². The summed E-state index contributed by atoms with van der Waals surface area (Å²) >= 11 is 0. The van der Waals surface area contributed by atoms with Crippen LogP contribution in [0.1, 0.15) is 10.5 Å². The first-order valence-electron chi connectivity index (χ1n) is 8.90. The van der Waals surface area contributed by atoms with Crippen molar-refractivity contribution in [1.29, 1.82) is 0 Å². The van der Waals surface area contributed by atoms with Gasteiger partial charge in [-0.3, -0.25) is 10.2 Å². The Morgan fingerprint density at radius 3 is 2.64 bits per heavy atom. The quantitative estimate of drug-likeness (QED) is 0.712. The molecule has 0 bridgehead atoms. The SMILES string of the molecule is COc1ccc(-c2ccnc3cc(C(=O)NN4CCOCC4)nn23)cc1OC. The molecule has 0 atom stereocenters. The summed E-state index contributed by atoms with van der Waals surface area (Å²) in [5.74, 6) is 0.982. The lowest BCUT2D eigenvalue weighted by molar-refractivity contribution is 0.0124. The van der Waals surface area contributed by atoms with Gasteiger partial charge in [0.1, 0.15) is 0 Å². The molecule has 0 radical (unpaired) electrons. The third-order valence-electron chi connectivity index (χ3n) is 4.54. The second-order valence-electron chi connectivity index (χ2n) is 6.24. The average Bonchev–Trinajstić information content (AvgIpc) is 3.18. The van der Waals surface area contributed by atoms with Gasteiger partial charge in [-0.15, -0.1) is 0 Å². The van der Waals surface area contributed by atoms with Crippen molar-refractivity contribution in [1.82, 2.24) is 25.0 Å². The monoisotopic (exact) mass is 383 g/mol. The number of aromatic nitrogens is 3. The van der Waals surface area contributed by atoms with Crippen LogP contribution in [0, 0.1) is 0 Å². The number of amides is 1. The molecule has 28 heavy (non-hydrogen) atoms. The standard InChI is InChI=1S/C19H21N5O4/c1-26-16-4-3-13(11-17(16)27-2)15-5-6-20-18-12-14(21-24(15)18)19(25)22-23-7-9-28-10-8-23/h3-6,11-12H,7-10H2,1-2H3,(H,22,25). The first kappa shape index (κ1) is 18.2. The second kappa shape index (κ2) is 7.83. The van der Waals surface area contributed by atoms with Gasteiger partial charge in [0.2, 0.25) is 0 Å². The van der Waals surface area contributed by atoms with Crippen LogP contribution in [0.4, 0.5) is 0 Å². The van der Waals surface area contributed by atoms with E-state index in [2.05, 4.69) is 15.5 Å². The van der Waals surface area contributed by atoms with E-state index in [-0.39, 0.29) is 5.91 Å². The Bertz CT molecular complexity index is 997. The summed E-state index contributed by atoms with van der Waals surface area (Å²) < 4.78 is 17.6. The molecular formula is C19H21N5O4. The zero-order valence-corrected chi connectivity index (χ0v) is 15.7. The third kappa shape index (κ3) is 3.49. The largest absolute Gasteiger partial charge is 0.493 e. The van der Waals surface area contributed by atoms with E-state index in [1.807, 2.05) is 29.3 Å². The Morgan fingerprint density at radius 2 is 1.89 bits per heavy atom. The number of ether oxygens (including phenoxy) is 3. The molecule has 9 heteroatoms. The van der Waals surface area contributed by atoms with E-state index in [4.69, 9.17) is 14.2 Å². The van der Waals surface area contributed by atoms with Crippen LogP contribution in [0.3, 0.4) is 0 Å². The van der Waals surface area contributed by atoms with Crippen LogP contribution >= 0.6 is 0 Å². The van der Waals surface area contributed by atoms with Crippen molar-refractivity contribution in [2.75, 3.05) is 40.5 Å². The number of carbonyl (C=O) groups is 1. The molecule has 0 aliphatic carbocycles. The molecule has 0 unspecified atom stereocenters. The Labute approximate surface area is 161 Å². The summed E-state index contributed by atoms with van der Waals surface area (Å²) in [7, 11) is 3.18. The normalized spacial score (nSPS) is 14.8. The van der Waals surface area contributed by atoms with Crippen LogP contribution in [0.25, 0.3) is 16.9 Å². The number of methoxy groups -OCH3 is 2. The molecule has 1 aromatic carbocycles. The van der Waals surface area contributed by atoms with Gasteiger partial charge in [-0.05, 0) is 24.3 Å². The van der Waals surface area contributed by atoms with Crippen LogP contribution in [0.5, 0.6) is 11.5 Å². The maximum absolute atomic E-state index is 12.6. The lowest BCUT2D eigenvalue weighted by Crippen LogP contribution is -2.48. The van der Waals surface area contributed by atoms with E-state index < -0.39 is 0 Å². The van der Waals surface area contributed by atoms with Crippen molar-refractivity contribution in [2.24, 2.45) is 0 Å². The highest BCUT2D eigenvalue weighted by molar-refractivity contribution is 5.93. The molecule has 146 valence electrons. The molecule has 3 aromatic rings. The number of carbonyl (C=O) groups excluding carboxylic acids is 1. The van der Waals surface area contributed by atoms with Crippen LogP contribution in [-0.4, -0.2) is 66.0 Å². The maximum Gasteiger partial charge on any atom is 0.286 e. The lowest BCUT2D eigenvalue weighted by Gasteiger charge is -2.26. The first-order valence-corrected chi connectivity index (χ1v) is 8.90. The highest BCUT2D eigenvalue weighted by atomic mass is 16.5. The van der Waals surface area contributed by atoms with Gasteiger partial charge in [-0.1, -0.05) is 0 Å². The molecule has 1 fully saturated rings. The lowest BCUT2D eigenvalue weighted by atomic mass is 10.1. The molecule has 1 aliphatic rings. The van der Waals surface area contributed by atoms with Crippen LogP contribution in [-0.2, 0) is 4.74 Å². The molecular weight excluding hydrogens is 362 g/mol. The Morgan fingerprint density at radius 1 is 1.11 bits per heavy atom. The molecule has 2 aromatic heterocycles. The van der Waals surface area contributed by atoms with Crippen LogP contribution in [0.15, 0.2) is 36.5 Å². The molecule has 1 aliphatic heterocycles. The molecule has 4 rings (SSSR count). The van der Waals surface area contributed by atoms with Crippen LogP contribution < -0.4 is 14.9 Å². The molecule has 9 nitrogen and oxygen atoms in total. The predicted molar refractivity (Wildman–Crippen MR) is 101 cm³/mol. The third-order valence-corrected chi connectivity index (χ3v) is 4.54. The summed E-state index contributed by atoms with van der Waals surface area (Å²) in [6.45, 7) is 2.48. The van der Waals surface area contributed by atoms with Crippen molar-refractivity contribution in [3.05, 3.63) is 42.2 Å². The van der Waals surface area contributed by atoms with E-state index in [0.29, 0.717) is 49.1 Å². The van der Waals surface area contributed by atoms with E-state index in [1.54, 1.807) is 31.0 Å². The summed E-state index contributed by atoms with van der Waals surface area (Å²) in [4.78, 5) is 16.9. The number of benzene rings is 1. The zero-order valence-electron chi connectivity index (χ0n) is 15.7. The van der Waals surface area contributed by atoms with Crippen molar-refractivity contribution >= 4 is 11.6 Å². The fourth-order valence-electron chi connectivity index (χ4n) is 3.10. The van der Waals surface area contributed by atoms with E-state index in [9.17, 15) is 4.79 Å². The van der Waals surface area contributed by atoms with Gasteiger partial charge in [0.15, 0.2) is 22.8 Å².